The van der Waals surface area contributed by atoms with Gasteiger partial charge in [-0.3, -0.25) is 9.67 Å². The summed E-state index contributed by atoms with van der Waals surface area (Å²) >= 11 is 0. The van der Waals surface area contributed by atoms with E-state index >= 15 is 0 Å². The molecule has 1 saturated heterocycles. The van der Waals surface area contributed by atoms with Crippen LogP contribution >= 0.6 is 0 Å². The molecule has 5 nitrogen and oxygen atoms in total. The molecule has 1 saturated carbocycles. The summed E-state index contributed by atoms with van der Waals surface area (Å²) in [6.45, 7) is 8.50. The van der Waals surface area contributed by atoms with Crippen molar-refractivity contribution in [3.63, 3.8) is 0 Å². The van der Waals surface area contributed by atoms with Crippen LogP contribution in [0.2, 0.25) is 0 Å². The Morgan fingerprint density at radius 3 is 2.74 bits per heavy atom. The molecule has 3 atom stereocenters. The maximum Gasteiger partial charge on any atom is 0.101 e. The third kappa shape index (κ3) is 2.26. The summed E-state index contributed by atoms with van der Waals surface area (Å²) in [4.78, 5) is 4.91. The zero-order valence-corrected chi connectivity index (χ0v) is 14.3. The van der Waals surface area contributed by atoms with E-state index in [4.69, 9.17) is 15.8 Å². The third-order valence-electron chi connectivity index (χ3n) is 5.43. The highest BCUT2D eigenvalue weighted by atomic mass is 15.3. The Bertz CT molecular complexity index is 791. The number of hydrogen-bond donors (Lipinski definition) is 2. The first-order valence-electron chi connectivity index (χ1n) is 8.38. The van der Waals surface area contributed by atoms with E-state index in [-0.39, 0.29) is 0 Å². The van der Waals surface area contributed by atoms with Crippen molar-refractivity contribution in [3.05, 3.63) is 29.5 Å². The van der Waals surface area contributed by atoms with Gasteiger partial charge in [0, 0.05) is 18.4 Å². The average Bonchev–Trinajstić information content (AvgIpc) is 2.80. The molecule has 4 rings (SSSR count). The number of nitrogens with one attached hydrogen (secondary N) is 1. The summed E-state index contributed by atoms with van der Waals surface area (Å²) in [5.41, 5.74) is 9.33. The molecule has 1 aliphatic heterocycles. The van der Waals surface area contributed by atoms with E-state index < -0.39 is 5.54 Å². The number of piperidine rings is 1. The molecular weight excluding hydrogens is 286 g/mol. The molecule has 3 N–H and O–H groups in total. The Balaban J connectivity index is 1.72. The fourth-order valence-electron chi connectivity index (χ4n) is 4.14. The smallest absolute Gasteiger partial charge is 0.101 e. The van der Waals surface area contributed by atoms with Gasteiger partial charge in [0.1, 0.15) is 5.54 Å². The van der Waals surface area contributed by atoms with Crippen LogP contribution in [0.15, 0.2) is 23.2 Å². The van der Waals surface area contributed by atoms with Crippen molar-refractivity contribution in [1.29, 1.82) is 0 Å². The first-order chi connectivity index (χ1) is 10.9. The number of amidine groups is 1. The standard InChI is InChI=1S/C18H25N5/c1-10-5-6-14-11(7-10)16(22-23(14)4)18(2,3)21-17(19)15-12-8-20-9-13(12)15/h5-7,12-13,15,20H,8-9H2,1-4H3,(H2,19,21)/t12-,13+,15?. The first-order valence-corrected chi connectivity index (χ1v) is 8.38. The summed E-state index contributed by atoms with van der Waals surface area (Å²) in [7, 11) is 1.99. The van der Waals surface area contributed by atoms with Crippen LogP contribution in [0.5, 0.6) is 0 Å². The number of hydrogen-bond acceptors (Lipinski definition) is 3. The van der Waals surface area contributed by atoms with Gasteiger partial charge in [0.05, 0.1) is 17.0 Å². The second-order valence-electron chi connectivity index (χ2n) is 7.60. The third-order valence-corrected chi connectivity index (χ3v) is 5.43. The van der Waals surface area contributed by atoms with E-state index in [9.17, 15) is 0 Å². The van der Waals surface area contributed by atoms with Gasteiger partial charge in [0.25, 0.3) is 0 Å². The maximum absolute atomic E-state index is 6.36. The van der Waals surface area contributed by atoms with Gasteiger partial charge in [-0.25, -0.2) is 0 Å². The van der Waals surface area contributed by atoms with Crippen LogP contribution in [0.4, 0.5) is 0 Å². The fraction of sp³-hybridized carbons (Fsp3) is 0.556. The summed E-state index contributed by atoms with van der Waals surface area (Å²) in [6.07, 6.45) is 0. The van der Waals surface area contributed by atoms with E-state index in [2.05, 4.69) is 44.3 Å². The minimum absolute atomic E-state index is 0.415. The van der Waals surface area contributed by atoms with E-state index in [1.807, 2.05) is 11.7 Å². The number of aliphatic imine (C=N–C) groups is 1. The second kappa shape index (κ2) is 4.81. The zero-order chi connectivity index (χ0) is 16.4. The van der Waals surface area contributed by atoms with Crippen molar-refractivity contribution in [1.82, 2.24) is 15.1 Å². The number of fused-ring (bicyclic) bond motifs is 2. The first kappa shape index (κ1) is 14.7. The molecule has 0 amide bonds. The highest BCUT2D eigenvalue weighted by Crippen LogP contribution is 2.49. The van der Waals surface area contributed by atoms with Gasteiger partial charge in [0.15, 0.2) is 0 Å². The van der Waals surface area contributed by atoms with Gasteiger partial charge < -0.3 is 11.1 Å². The minimum atomic E-state index is -0.415. The number of benzene rings is 1. The second-order valence-corrected chi connectivity index (χ2v) is 7.60. The number of nitrogens with two attached hydrogens (primary N) is 1. The van der Waals surface area contributed by atoms with Crippen molar-refractivity contribution < 1.29 is 0 Å². The Morgan fingerprint density at radius 1 is 1.35 bits per heavy atom. The summed E-state index contributed by atoms with van der Waals surface area (Å²) in [5, 5.41) is 9.33. The van der Waals surface area contributed by atoms with Crippen molar-refractivity contribution in [2.24, 2.45) is 35.5 Å². The molecule has 2 fully saturated rings. The molecule has 2 aliphatic rings. The molecule has 1 aromatic carbocycles. The van der Waals surface area contributed by atoms with E-state index in [0.29, 0.717) is 17.8 Å². The van der Waals surface area contributed by atoms with E-state index in [1.165, 1.54) is 10.9 Å². The van der Waals surface area contributed by atoms with Crippen LogP contribution in [0, 0.1) is 24.7 Å². The normalized spacial score (nSPS) is 27.5. The molecule has 2 aromatic rings. The predicted molar refractivity (Wildman–Crippen MR) is 93.4 cm³/mol. The molecule has 0 bridgehead atoms. The highest BCUT2D eigenvalue weighted by Gasteiger charge is 2.55. The summed E-state index contributed by atoms with van der Waals surface area (Å²) < 4.78 is 1.94. The van der Waals surface area contributed by atoms with Gasteiger partial charge in [0.2, 0.25) is 0 Å². The zero-order valence-electron chi connectivity index (χ0n) is 14.3. The Labute approximate surface area is 137 Å². The molecule has 0 radical (unpaired) electrons. The van der Waals surface area contributed by atoms with Crippen molar-refractivity contribution in [3.8, 4) is 0 Å². The maximum atomic E-state index is 6.36. The van der Waals surface area contributed by atoms with Gasteiger partial charge in [-0.05, 0) is 57.8 Å². The number of rotatable bonds is 3. The lowest BCUT2D eigenvalue weighted by Gasteiger charge is -2.19. The molecule has 23 heavy (non-hydrogen) atoms. The highest BCUT2D eigenvalue weighted by molar-refractivity contribution is 5.88. The Morgan fingerprint density at radius 2 is 2.04 bits per heavy atom. The number of nitrogens with zero attached hydrogens (tertiary/aromatic N) is 3. The molecule has 5 heteroatoms. The molecular formula is C18H25N5. The van der Waals surface area contributed by atoms with Gasteiger partial charge >= 0.3 is 0 Å². The van der Waals surface area contributed by atoms with E-state index in [1.54, 1.807) is 0 Å². The average molecular weight is 311 g/mol. The number of aryl methyl sites for hydroxylation is 2. The quantitative estimate of drug-likeness (QED) is 0.672. The predicted octanol–water partition coefficient (Wildman–Crippen LogP) is 1.94. The lowest BCUT2D eigenvalue weighted by atomic mass is 9.97. The van der Waals surface area contributed by atoms with E-state index in [0.717, 1.165) is 30.1 Å². The van der Waals surface area contributed by atoms with Crippen LogP contribution in [-0.4, -0.2) is 28.7 Å². The van der Waals surface area contributed by atoms with Crippen LogP contribution < -0.4 is 11.1 Å². The lowest BCUT2D eigenvalue weighted by Crippen LogP contribution is -2.28. The van der Waals surface area contributed by atoms with Gasteiger partial charge in [-0.15, -0.1) is 0 Å². The monoisotopic (exact) mass is 311 g/mol. The van der Waals surface area contributed by atoms with Crippen molar-refractivity contribution >= 4 is 16.7 Å². The molecule has 122 valence electrons. The van der Waals surface area contributed by atoms with Crippen LogP contribution in [-0.2, 0) is 12.6 Å². The van der Waals surface area contributed by atoms with Gasteiger partial charge in [-0.1, -0.05) is 11.6 Å². The Hall–Kier alpha value is -1.88. The molecule has 1 unspecified atom stereocenters. The fourth-order valence-corrected chi connectivity index (χ4v) is 4.14. The largest absolute Gasteiger partial charge is 0.387 e. The summed E-state index contributed by atoms with van der Waals surface area (Å²) in [6, 6.07) is 6.44. The van der Waals surface area contributed by atoms with Crippen molar-refractivity contribution in [2.45, 2.75) is 26.3 Å². The van der Waals surface area contributed by atoms with Crippen LogP contribution in [0.3, 0.4) is 0 Å². The Kier molecular flexibility index (Phi) is 3.07. The SMILES string of the molecule is Cc1ccc2c(c1)c(C(C)(C)N=C(N)C1[C@H]3CNC[C@@H]13)nn2C. The van der Waals surface area contributed by atoms with Crippen molar-refractivity contribution in [2.75, 3.05) is 13.1 Å². The number of aromatic nitrogens is 2. The molecule has 0 spiro atoms. The topological polar surface area (TPSA) is 68.2 Å². The van der Waals surface area contributed by atoms with Gasteiger partial charge in [-0.2, -0.15) is 5.10 Å². The van der Waals surface area contributed by atoms with Crippen LogP contribution in [0.25, 0.3) is 10.9 Å². The molecule has 1 aliphatic carbocycles. The summed E-state index contributed by atoms with van der Waals surface area (Å²) in [5.74, 6) is 2.65. The lowest BCUT2D eigenvalue weighted by molar-refractivity contribution is 0.525. The van der Waals surface area contributed by atoms with Crippen LogP contribution in [0.1, 0.15) is 25.1 Å². The molecule has 1 aromatic heterocycles. The minimum Gasteiger partial charge on any atom is -0.387 e. The molecule has 2 heterocycles.